The third-order valence-electron chi connectivity index (χ3n) is 5.41. The fraction of sp³-hybridized carbons (Fsp3) is 0.409. The second-order valence-electron chi connectivity index (χ2n) is 8.30. The number of Topliss-reactive ketones (excluding diaryl/α,β-unsaturated/α-hetero) is 1. The third kappa shape index (κ3) is 3.59. The molecule has 1 fully saturated rings. The zero-order chi connectivity index (χ0) is 19.8. The van der Waals surface area contributed by atoms with Gasteiger partial charge in [-0.2, -0.15) is 0 Å². The molecule has 2 atom stereocenters. The van der Waals surface area contributed by atoms with Crippen LogP contribution in [-0.4, -0.2) is 40.8 Å². The van der Waals surface area contributed by atoms with Crippen molar-refractivity contribution in [2.75, 3.05) is 6.54 Å². The maximum atomic E-state index is 13.4. The van der Waals surface area contributed by atoms with Crippen LogP contribution < -0.4 is 0 Å². The number of piperidine rings is 1. The van der Waals surface area contributed by atoms with Crippen molar-refractivity contribution in [2.45, 2.75) is 39.7 Å². The zero-order valence-electron chi connectivity index (χ0n) is 15.9. The first kappa shape index (κ1) is 19.1. The van der Waals surface area contributed by atoms with Crippen LogP contribution in [0.25, 0.3) is 10.8 Å². The van der Waals surface area contributed by atoms with E-state index >= 15 is 0 Å². The first-order chi connectivity index (χ1) is 12.7. The molecular weight excluding hydrogens is 342 g/mol. The van der Waals surface area contributed by atoms with Crippen molar-refractivity contribution in [3.8, 4) is 0 Å². The van der Waals surface area contributed by atoms with Gasteiger partial charge in [0.15, 0.2) is 12.1 Å². The summed E-state index contributed by atoms with van der Waals surface area (Å²) in [6.07, 6.45) is 1.08. The van der Waals surface area contributed by atoms with Crippen LogP contribution in [0.5, 0.6) is 0 Å². The Morgan fingerprint density at radius 1 is 1.19 bits per heavy atom. The number of carbonyl (C=O) groups excluding carboxylic acids is 2. The number of rotatable bonds is 3. The van der Waals surface area contributed by atoms with E-state index in [1.165, 1.54) is 4.90 Å². The minimum Gasteiger partial charge on any atom is -0.465 e. The van der Waals surface area contributed by atoms with Gasteiger partial charge in [-0.25, -0.2) is 4.79 Å². The number of carbonyl (C=O) groups is 3. The monoisotopic (exact) mass is 367 g/mol. The van der Waals surface area contributed by atoms with Crippen molar-refractivity contribution < 1.29 is 19.5 Å². The fourth-order valence-electron chi connectivity index (χ4n) is 4.35. The first-order valence-corrected chi connectivity index (χ1v) is 9.26. The summed E-state index contributed by atoms with van der Waals surface area (Å²) in [7, 11) is 0. The molecule has 0 aliphatic carbocycles. The van der Waals surface area contributed by atoms with E-state index in [1.54, 1.807) is 6.07 Å². The summed E-state index contributed by atoms with van der Waals surface area (Å²) in [5, 5.41) is 11.3. The maximum absolute atomic E-state index is 13.4. The number of hydrogen-bond donors (Lipinski definition) is 1. The average Bonchev–Trinajstić information content (AvgIpc) is 2.65. The molecule has 0 aromatic heterocycles. The standard InChI is InChI=1S/C22H25NO4/c1-22(2,3)20-18(9-6-10-23(20)21(26)27)19(25)15-11-14-7-4-5-8-17(14)16(12-15)13-24/h4-5,7-8,11-13,18,20H,6,9-10H2,1-3H3,(H,26,27). The highest BCUT2D eigenvalue weighted by Crippen LogP contribution is 2.38. The van der Waals surface area contributed by atoms with Crippen molar-refractivity contribution in [3.05, 3.63) is 47.5 Å². The molecule has 0 radical (unpaired) electrons. The SMILES string of the molecule is CC(C)(C)C1C(C(=O)c2cc(C=O)c3ccccc3c2)CCCN1C(=O)O. The molecule has 3 rings (SSSR count). The van der Waals surface area contributed by atoms with Gasteiger partial charge >= 0.3 is 6.09 Å². The highest BCUT2D eigenvalue weighted by atomic mass is 16.4. The third-order valence-corrected chi connectivity index (χ3v) is 5.41. The van der Waals surface area contributed by atoms with Crippen molar-refractivity contribution in [2.24, 2.45) is 11.3 Å². The molecule has 5 nitrogen and oxygen atoms in total. The van der Waals surface area contributed by atoms with Crippen LogP contribution in [0.2, 0.25) is 0 Å². The van der Waals surface area contributed by atoms with E-state index in [9.17, 15) is 19.5 Å². The summed E-state index contributed by atoms with van der Waals surface area (Å²) in [4.78, 5) is 38.1. The lowest BCUT2D eigenvalue weighted by atomic mass is 9.71. The highest BCUT2D eigenvalue weighted by molar-refractivity contribution is 6.06. The Labute approximate surface area is 159 Å². The Kier molecular flexibility index (Phi) is 5.05. The number of hydrogen-bond acceptors (Lipinski definition) is 3. The molecule has 1 aliphatic rings. The summed E-state index contributed by atoms with van der Waals surface area (Å²) in [5.74, 6) is -0.509. The van der Waals surface area contributed by atoms with Gasteiger partial charge in [0.1, 0.15) is 0 Å². The number of likely N-dealkylation sites (tertiary alicyclic amines) is 1. The lowest BCUT2D eigenvalue weighted by Crippen LogP contribution is -2.56. The molecule has 2 aromatic carbocycles. The Hall–Kier alpha value is -2.69. The first-order valence-electron chi connectivity index (χ1n) is 9.26. The molecule has 142 valence electrons. The van der Waals surface area contributed by atoms with E-state index < -0.39 is 18.1 Å². The van der Waals surface area contributed by atoms with Gasteiger partial charge in [-0.3, -0.25) is 9.59 Å². The number of amides is 1. The molecule has 0 saturated carbocycles. The molecule has 5 heteroatoms. The van der Waals surface area contributed by atoms with E-state index in [0.717, 1.165) is 17.1 Å². The van der Waals surface area contributed by atoms with Gasteiger partial charge in [-0.05, 0) is 41.2 Å². The molecule has 0 spiro atoms. The predicted octanol–water partition coefficient (Wildman–Crippen LogP) is 4.64. The summed E-state index contributed by atoms with van der Waals surface area (Å²) in [6, 6.07) is 10.5. The van der Waals surface area contributed by atoms with Crippen molar-refractivity contribution in [1.29, 1.82) is 0 Å². The number of nitrogens with zero attached hydrogens (tertiary/aromatic N) is 1. The molecule has 2 aromatic rings. The van der Waals surface area contributed by atoms with Crippen LogP contribution in [0.4, 0.5) is 4.79 Å². The molecule has 1 N–H and O–H groups in total. The van der Waals surface area contributed by atoms with Gasteiger partial charge in [0, 0.05) is 29.6 Å². The van der Waals surface area contributed by atoms with Gasteiger partial charge in [-0.15, -0.1) is 0 Å². The largest absolute Gasteiger partial charge is 0.465 e. The topological polar surface area (TPSA) is 74.7 Å². The lowest BCUT2D eigenvalue weighted by molar-refractivity contribution is 0.0234. The van der Waals surface area contributed by atoms with Crippen LogP contribution in [0.15, 0.2) is 36.4 Å². The van der Waals surface area contributed by atoms with Gasteiger partial charge in [0.05, 0.1) is 0 Å². The number of benzene rings is 2. The summed E-state index contributed by atoms with van der Waals surface area (Å²) < 4.78 is 0. The Morgan fingerprint density at radius 3 is 2.52 bits per heavy atom. The van der Waals surface area contributed by atoms with Gasteiger partial charge in [0.25, 0.3) is 0 Å². The van der Waals surface area contributed by atoms with E-state index in [4.69, 9.17) is 0 Å². The van der Waals surface area contributed by atoms with E-state index in [2.05, 4.69) is 0 Å². The van der Waals surface area contributed by atoms with Gasteiger partial charge in [0.2, 0.25) is 0 Å². The zero-order valence-corrected chi connectivity index (χ0v) is 15.9. The van der Waals surface area contributed by atoms with Crippen LogP contribution in [0.3, 0.4) is 0 Å². The molecular formula is C22H25NO4. The Morgan fingerprint density at radius 2 is 1.89 bits per heavy atom. The predicted molar refractivity (Wildman–Crippen MR) is 104 cm³/mol. The minimum absolute atomic E-state index is 0.0882. The maximum Gasteiger partial charge on any atom is 0.407 e. The minimum atomic E-state index is -0.987. The van der Waals surface area contributed by atoms with E-state index in [0.29, 0.717) is 30.5 Å². The van der Waals surface area contributed by atoms with Gasteiger partial charge < -0.3 is 10.0 Å². The van der Waals surface area contributed by atoms with Crippen LogP contribution in [-0.2, 0) is 0 Å². The summed E-state index contributed by atoms with van der Waals surface area (Å²) in [5.41, 5.74) is 0.584. The van der Waals surface area contributed by atoms with E-state index in [-0.39, 0.29) is 11.2 Å². The fourth-order valence-corrected chi connectivity index (χ4v) is 4.35. The molecule has 27 heavy (non-hydrogen) atoms. The second kappa shape index (κ2) is 7.14. The molecule has 1 heterocycles. The van der Waals surface area contributed by atoms with E-state index in [1.807, 2.05) is 51.1 Å². The summed E-state index contributed by atoms with van der Waals surface area (Å²) in [6.45, 7) is 6.35. The molecule has 1 saturated heterocycles. The second-order valence-corrected chi connectivity index (χ2v) is 8.30. The Bertz CT molecular complexity index is 897. The molecule has 1 amide bonds. The smallest absolute Gasteiger partial charge is 0.407 e. The quantitative estimate of drug-likeness (QED) is 0.633. The molecule has 0 bridgehead atoms. The normalized spacial score (nSPS) is 20.5. The summed E-state index contributed by atoms with van der Waals surface area (Å²) >= 11 is 0. The molecule has 1 aliphatic heterocycles. The van der Waals surface area contributed by atoms with Crippen LogP contribution in [0, 0.1) is 11.3 Å². The number of fused-ring (bicyclic) bond motifs is 1. The lowest BCUT2D eigenvalue weighted by Gasteiger charge is -2.46. The Balaban J connectivity index is 2.06. The average molecular weight is 367 g/mol. The number of ketones is 1. The number of aldehydes is 1. The van der Waals surface area contributed by atoms with Crippen molar-refractivity contribution >= 4 is 28.9 Å². The molecule has 2 unspecified atom stereocenters. The van der Waals surface area contributed by atoms with Crippen LogP contribution >= 0.6 is 0 Å². The number of carboxylic acid groups (broad SMARTS) is 1. The van der Waals surface area contributed by atoms with Crippen molar-refractivity contribution in [1.82, 2.24) is 4.90 Å². The highest BCUT2D eigenvalue weighted by Gasteiger charge is 2.44. The van der Waals surface area contributed by atoms with Crippen LogP contribution in [0.1, 0.15) is 54.3 Å². The van der Waals surface area contributed by atoms with Crippen molar-refractivity contribution in [3.63, 3.8) is 0 Å². The van der Waals surface area contributed by atoms with Gasteiger partial charge in [-0.1, -0.05) is 45.0 Å².